The molecule has 0 radical (unpaired) electrons. The van der Waals surface area contributed by atoms with Gasteiger partial charge in [-0.15, -0.1) is 0 Å². The third kappa shape index (κ3) is 3.85. The van der Waals surface area contributed by atoms with Crippen LogP contribution in [0, 0.1) is 0 Å². The Balaban J connectivity index is 2.54. The zero-order valence-corrected chi connectivity index (χ0v) is 10.7. The number of hydrogen-bond acceptors (Lipinski definition) is 4. The fraction of sp³-hybridized carbons (Fsp3) is 0.500. The van der Waals surface area contributed by atoms with Gasteiger partial charge in [0.05, 0.1) is 18.4 Å². The standard InChI is InChI=1S/C12H17NO2S/c1-4-9(2)16-8-11-6-5-10(7-13-11)12(14)15-3/h5-7,9H,4,8H2,1-3H3. The van der Waals surface area contributed by atoms with Crippen LogP contribution in [0.15, 0.2) is 18.3 Å². The van der Waals surface area contributed by atoms with Gasteiger partial charge in [0.15, 0.2) is 0 Å². The molecule has 0 amide bonds. The predicted molar refractivity (Wildman–Crippen MR) is 66.6 cm³/mol. The van der Waals surface area contributed by atoms with Crippen LogP contribution in [-0.4, -0.2) is 23.3 Å². The van der Waals surface area contributed by atoms with Gasteiger partial charge in [0.25, 0.3) is 0 Å². The molecule has 0 saturated heterocycles. The van der Waals surface area contributed by atoms with Crippen molar-refractivity contribution in [3.05, 3.63) is 29.6 Å². The molecule has 0 aliphatic rings. The average molecular weight is 239 g/mol. The number of pyridine rings is 1. The second-order valence-electron chi connectivity index (χ2n) is 3.56. The van der Waals surface area contributed by atoms with E-state index in [-0.39, 0.29) is 5.97 Å². The molecule has 0 N–H and O–H groups in total. The zero-order valence-electron chi connectivity index (χ0n) is 9.90. The number of methoxy groups -OCH3 is 1. The van der Waals surface area contributed by atoms with Gasteiger partial charge in [0, 0.05) is 17.2 Å². The van der Waals surface area contributed by atoms with Gasteiger partial charge >= 0.3 is 5.97 Å². The van der Waals surface area contributed by atoms with E-state index in [2.05, 4.69) is 23.6 Å². The van der Waals surface area contributed by atoms with Crippen molar-refractivity contribution in [3.63, 3.8) is 0 Å². The first kappa shape index (κ1) is 13.0. The molecule has 88 valence electrons. The second kappa shape index (κ2) is 6.53. The number of aromatic nitrogens is 1. The first-order chi connectivity index (χ1) is 7.67. The highest BCUT2D eigenvalue weighted by Gasteiger charge is 2.06. The predicted octanol–water partition coefficient (Wildman–Crippen LogP) is 2.90. The fourth-order valence-corrected chi connectivity index (χ4v) is 1.96. The molecular weight excluding hydrogens is 222 g/mol. The Morgan fingerprint density at radius 2 is 2.31 bits per heavy atom. The van der Waals surface area contributed by atoms with Crippen molar-refractivity contribution >= 4 is 17.7 Å². The smallest absolute Gasteiger partial charge is 0.339 e. The summed E-state index contributed by atoms with van der Waals surface area (Å²) in [6.07, 6.45) is 2.73. The molecule has 0 spiro atoms. The maximum absolute atomic E-state index is 11.2. The number of ether oxygens (including phenoxy) is 1. The van der Waals surface area contributed by atoms with Crippen LogP contribution in [0.5, 0.6) is 0 Å². The minimum atomic E-state index is -0.339. The van der Waals surface area contributed by atoms with Crippen molar-refractivity contribution in [2.24, 2.45) is 0 Å². The van der Waals surface area contributed by atoms with Gasteiger partial charge in [0.2, 0.25) is 0 Å². The molecule has 0 aromatic carbocycles. The summed E-state index contributed by atoms with van der Waals surface area (Å²) in [7, 11) is 1.37. The van der Waals surface area contributed by atoms with Gasteiger partial charge in [-0.2, -0.15) is 11.8 Å². The average Bonchev–Trinajstić information content (AvgIpc) is 2.35. The minimum absolute atomic E-state index is 0.339. The summed E-state index contributed by atoms with van der Waals surface area (Å²) in [5, 5.41) is 0.641. The summed E-state index contributed by atoms with van der Waals surface area (Å²) in [5.41, 5.74) is 1.50. The van der Waals surface area contributed by atoms with E-state index in [1.54, 1.807) is 12.3 Å². The van der Waals surface area contributed by atoms with E-state index in [0.29, 0.717) is 10.8 Å². The van der Waals surface area contributed by atoms with E-state index < -0.39 is 0 Å². The summed E-state index contributed by atoms with van der Waals surface area (Å²) >= 11 is 1.87. The van der Waals surface area contributed by atoms with Gasteiger partial charge in [-0.3, -0.25) is 4.98 Å². The molecule has 16 heavy (non-hydrogen) atoms. The lowest BCUT2D eigenvalue weighted by Gasteiger charge is -2.07. The lowest BCUT2D eigenvalue weighted by atomic mass is 10.2. The van der Waals surface area contributed by atoms with Crippen LogP contribution in [0.2, 0.25) is 0 Å². The number of rotatable bonds is 5. The lowest BCUT2D eigenvalue weighted by Crippen LogP contribution is -2.02. The van der Waals surface area contributed by atoms with Crippen molar-refractivity contribution in [3.8, 4) is 0 Å². The highest BCUT2D eigenvalue weighted by Crippen LogP contribution is 2.18. The molecule has 4 heteroatoms. The van der Waals surface area contributed by atoms with Crippen LogP contribution in [0.3, 0.4) is 0 Å². The fourth-order valence-electron chi connectivity index (χ4n) is 1.09. The van der Waals surface area contributed by atoms with E-state index >= 15 is 0 Å². The Morgan fingerprint density at radius 3 is 2.81 bits per heavy atom. The Morgan fingerprint density at radius 1 is 1.56 bits per heavy atom. The molecule has 1 atom stereocenters. The summed E-state index contributed by atoms with van der Waals surface area (Å²) in [6.45, 7) is 4.37. The molecule has 1 heterocycles. The highest BCUT2D eigenvalue weighted by atomic mass is 32.2. The number of nitrogens with zero attached hydrogens (tertiary/aromatic N) is 1. The van der Waals surface area contributed by atoms with Crippen LogP contribution in [0.1, 0.15) is 36.3 Å². The molecular formula is C12H17NO2S. The van der Waals surface area contributed by atoms with E-state index in [4.69, 9.17) is 0 Å². The molecule has 0 fully saturated rings. The highest BCUT2D eigenvalue weighted by molar-refractivity contribution is 7.99. The number of carbonyl (C=O) groups is 1. The van der Waals surface area contributed by atoms with Crippen molar-refractivity contribution in [2.75, 3.05) is 7.11 Å². The Kier molecular flexibility index (Phi) is 5.32. The third-order valence-electron chi connectivity index (χ3n) is 2.34. The summed E-state index contributed by atoms with van der Waals surface area (Å²) in [6, 6.07) is 3.63. The summed E-state index contributed by atoms with van der Waals surface area (Å²) in [5.74, 6) is 0.546. The molecule has 0 aliphatic carbocycles. The summed E-state index contributed by atoms with van der Waals surface area (Å²) < 4.78 is 4.61. The Bertz CT molecular complexity index is 337. The van der Waals surface area contributed by atoms with E-state index in [1.165, 1.54) is 7.11 Å². The van der Waals surface area contributed by atoms with Crippen LogP contribution >= 0.6 is 11.8 Å². The quantitative estimate of drug-likeness (QED) is 0.741. The van der Waals surface area contributed by atoms with Crippen molar-refractivity contribution in [2.45, 2.75) is 31.3 Å². The maximum Gasteiger partial charge on any atom is 0.339 e. The summed E-state index contributed by atoms with van der Waals surface area (Å²) in [4.78, 5) is 15.4. The van der Waals surface area contributed by atoms with Gasteiger partial charge in [-0.05, 0) is 18.6 Å². The first-order valence-corrected chi connectivity index (χ1v) is 6.37. The molecule has 0 bridgehead atoms. The van der Waals surface area contributed by atoms with Crippen LogP contribution in [0.4, 0.5) is 0 Å². The second-order valence-corrected chi connectivity index (χ2v) is 4.99. The molecule has 0 saturated carbocycles. The van der Waals surface area contributed by atoms with Gasteiger partial charge in [-0.25, -0.2) is 4.79 Å². The number of hydrogen-bond donors (Lipinski definition) is 0. The van der Waals surface area contributed by atoms with E-state index in [1.807, 2.05) is 17.8 Å². The van der Waals surface area contributed by atoms with Crippen molar-refractivity contribution in [1.29, 1.82) is 0 Å². The number of thioether (sulfide) groups is 1. The molecule has 1 aromatic rings. The third-order valence-corrected chi connectivity index (χ3v) is 3.70. The van der Waals surface area contributed by atoms with Gasteiger partial charge in [0.1, 0.15) is 0 Å². The largest absolute Gasteiger partial charge is 0.465 e. The minimum Gasteiger partial charge on any atom is -0.465 e. The maximum atomic E-state index is 11.2. The monoisotopic (exact) mass is 239 g/mol. The van der Waals surface area contributed by atoms with Crippen molar-refractivity contribution < 1.29 is 9.53 Å². The van der Waals surface area contributed by atoms with Crippen LogP contribution in [0.25, 0.3) is 0 Å². The first-order valence-electron chi connectivity index (χ1n) is 5.32. The van der Waals surface area contributed by atoms with Gasteiger partial charge < -0.3 is 4.74 Å². The normalized spacial score (nSPS) is 12.2. The lowest BCUT2D eigenvalue weighted by molar-refractivity contribution is 0.0600. The number of esters is 1. The number of carbonyl (C=O) groups excluding carboxylic acids is 1. The molecule has 1 rings (SSSR count). The van der Waals surface area contributed by atoms with Gasteiger partial charge in [-0.1, -0.05) is 13.8 Å². The SMILES string of the molecule is CCC(C)SCc1ccc(C(=O)OC)cn1. The topological polar surface area (TPSA) is 39.2 Å². The van der Waals surface area contributed by atoms with E-state index in [0.717, 1.165) is 17.9 Å². The van der Waals surface area contributed by atoms with E-state index in [9.17, 15) is 4.79 Å². The van der Waals surface area contributed by atoms with Crippen LogP contribution in [-0.2, 0) is 10.5 Å². The molecule has 0 aliphatic heterocycles. The Labute approximate surface area is 101 Å². The zero-order chi connectivity index (χ0) is 12.0. The van der Waals surface area contributed by atoms with Crippen molar-refractivity contribution in [1.82, 2.24) is 4.98 Å². The Hall–Kier alpha value is -1.03. The molecule has 3 nitrogen and oxygen atoms in total. The van der Waals surface area contributed by atoms with Crippen LogP contribution < -0.4 is 0 Å². The molecule has 1 unspecified atom stereocenters. The molecule has 1 aromatic heterocycles.